The predicted octanol–water partition coefficient (Wildman–Crippen LogP) is 1.97. The molecule has 0 aromatic heterocycles. The lowest BCUT2D eigenvalue weighted by atomic mass is 10.2. The van der Waals surface area contributed by atoms with Gasteiger partial charge in [-0.1, -0.05) is 11.6 Å². The number of carbonyl (C=O) groups excluding carboxylic acids is 3. The molecule has 1 heterocycles. The van der Waals surface area contributed by atoms with Crippen LogP contribution < -0.4 is 20.7 Å². The molecule has 1 atom stereocenters. The van der Waals surface area contributed by atoms with Gasteiger partial charge in [0.05, 0.1) is 12.1 Å². The molecule has 8 heteroatoms. The average molecular weight is 387 g/mol. The van der Waals surface area contributed by atoms with Crippen molar-refractivity contribution in [3.8, 4) is 0 Å². The maximum absolute atomic E-state index is 12.5. The fourth-order valence-corrected chi connectivity index (χ4v) is 2.87. The first kappa shape index (κ1) is 18.9. The van der Waals surface area contributed by atoms with Crippen LogP contribution in [0.1, 0.15) is 16.8 Å². The minimum absolute atomic E-state index is 0.0404. The van der Waals surface area contributed by atoms with E-state index in [-0.39, 0.29) is 18.2 Å². The second-order valence-electron chi connectivity index (χ2n) is 6.34. The van der Waals surface area contributed by atoms with Gasteiger partial charge in [0.15, 0.2) is 0 Å². The number of anilines is 2. The molecule has 2 aromatic rings. The zero-order chi connectivity index (χ0) is 19.6. The highest BCUT2D eigenvalue weighted by molar-refractivity contribution is 6.30. The van der Waals surface area contributed by atoms with E-state index in [2.05, 4.69) is 10.9 Å². The zero-order valence-corrected chi connectivity index (χ0v) is 15.7. The number of halogens is 1. The maximum Gasteiger partial charge on any atom is 0.265 e. The highest BCUT2D eigenvalue weighted by atomic mass is 35.5. The highest BCUT2D eigenvalue weighted by Crippen LogP contribution is 2.24. The van der Waals surface area contributed by atoms with Crippen LogP contribution in [0.25, 0.3) is 0 Å². The quantitative estimate of drug-likeness (QED) is 0.606. The fraction of sp³-hybridized carbons (Fsp3) is 0.211. The first-order valence-corrected chi connectivity index (χ1v) is 8.70. The molecule has 0 saturated carbocycles. The summed E-state index contributed by atoms with van der Waals surface area (Å²) in [5.74, 6) is -1.15. The van der Waals surface area contributed by atoms with Gasteiger partial charge in [0.2, 0.25) is 5.91 Å². The number of amides is 3. The van der Waals surface area contributed by atoms with Crippen LogP contribution in [0.2, 0.25) is 5.02 Å². The minimum atomic E-state index is -0.821. The Labute approximate surface area is 161 Å². The van der Waals surface area contributed by atoms with E-state index in [1.165, 1.54) is 0 Å². The molecule has 2 aromatic carbocycles. The molecular weight excluding hydrogens is 368 g/mol. The Morgan fingerprint density at radius 2 is 1.70 bits per heavy atom. The molecule has 3 rings (SSSR count). The molecule has 0 bridgehead atoms. The molecule has 0 unspecified atom stereocenters. The Morgan fingerprint density at radius 1 is 1.07 bits per heavy atom. The molecule has 0 aliphatic carbocycles. The normalized spacial score (nSPS) is 16.6. The monoisotopic (exact) mass is 386 g/mol. The Kier molecular flexibility index (Phi) is 5.43. The number of rotatable bonds is 5. The Hall–Kier alpha value is -2.90. The Bertz CT molecular complexity index is 866. The highest BCUT2D eigenvalue weighted by Gasteiger charge is 2.39. The number of benzene rings is 2. The SMILES string of the molecule is CN(C)c1ccc(C(=O)NN[C@@H]2CC(=O)N(c3ccc(Cl)cc3)C2=O)cc1. The summed E-state index contributed by atoms with van der Waals surface area (Å²) in [5.41, 5.74) is 7.02. The number of hydrogen-bond donors (Lipinski definition) is 2. The van der Waals surface area contributed by atoms with Crippen LogP contribution in [0.4, 0.5) is 11.4 Å². The lowest BCUT2D eigenvalue weighted by molar-refractivity contribution is -0.121. The maximum atomic E-state index is 12.5. The topological polar surface area (TPSA) is 81.8 Å². The third-order valence-electron chi connectivity index (χ3n) is 4.24. The van der Waals surface area contributed by atoms with Crippen molar-refractivity contribution in [2.24, 2.45) is 0 Å². The van der Waals surface area contributed by atoms with E-state index in [1.807, 2.05) is 31.1 Å². The van der Waals surface area contributed by atoms with E-state index in [0.717, 1.165) is 10.6 Å². The third-order valence-corrected chi connectivity index (χ3v) is 4.49. The summed E-state index contributed by atoms with van der Waals surface area (Å²) in [6.07, 6.45) is -0.0404. The van der Waals surface area contributed by atoms with Gasteiger partial charge in [0.25, 0.3) is 11.8 Å². The van der Waals surface area contributed by atoms with Gasteiger partial charge in [0.1, 0.15) is 6.04 Å². The first-order chi connectivity index (χ1) is 12.9. The summed E-state index contributed by atoms with van der Waals surface area (Å²) in [4.78, 5) is 40.0. The minimum Gasteiger partial charge on any atom is -0.378 e. The molecule has 0 spiro atoms. The van der Waals surface area contributed by atoms with Gasteiger partial charge < -0.3 is 4.90 Å². The number of hydrogen-bond acceptors (Lipinski definition) is 5. The van der Waals surface area contributed by atoms with Crippen LogP contribution in [0.5, 0.6) is 0 Å². The van der Waals surface area contributed by atoms with Crippen molar-refractivity contribution in [3.05, 3.63) is 59.1 Å². The van der Waals surface area contributed by atoms with E-state index in [0.29, 0.717) is 16.3 Å². The smallest absolute Gasteiger partial charge is 0.265 e. The molecule has 1 aliphatic heterocycles. The molecule has 0 radical (unpaired) electrons. The number of nitrogens with zero attached hydrogens (tertiary/aromatic N) is 2. The van der Waals surface area contributed by atoms with E-state index < -0.39 is 11.9 Å². The number of hydrazine groups is 1. The number of imide groups is 1. The summed E-state index contributed by atoms with van der Waals surface area (Å²) in [6.45, 7) is 0. The molecule has 27 heavy (non-hydrogen) atoms. The molecular formula is C19H19ClN4O3. The second-order valence-corrected chi connectivity index (χ2v) is 6.78. The molecule has 7 nitrogen and oxygen atoms in total. The van der Waals surface area contributed by atoms with Gasteiger partial charge in [-0.05, 0) is 48.5 Å². The van der Waals surface area contributed by atoms with Crippen LogP contribution in [-0.2, 0) is 9.59 Å². The Morgan fingerprint density at radius 3 is 2.30 bits per heavy atom. The predicted molar refractivity (Wildman–Crippen MR) is 104 cm³/mol. The molecule has 1 fully saturated rings. The van der Waals surface area contributed by atoms with Crippen LogP contribution in [0, 0.1) is 0 Å². The van der Waals surface area contributed by atoms with Crippen LogP contribution >= 0.6 is 11.6 Å². The molecule has 3 amide bonds. The van der Waals surface area contributed by atoms with Gasteiger partial charge in [-0.3, -0.25) is 19.8 Å². The fourth-order valence-electron chi connectivity index (χ4n) is 2.74. The van der Waals surface area contributed by atoms with E-state index in [1.54, 1.807) is 36.4 Å². The van der Waals surface area contributed by atoms with Crippen molar-refractivity contribution in [1.29, 1.82) is 0 Å². The van der Waals surface area contributed by atoms with E-state index in [4.69, 9.17) is 11.6 Å². The summed E-state index contributed by atoms with van der Waals surface area (Å²) in [6, 6.07) is 12.6. The molecule has 2 N–H and O–H groups in total. The van der Waals surface area contributed by atoms with Crippen molar-refractivity contribution >= 4 is 40.7 Å². The van der Waals surface area contributed by atoms with Gasteiger partial charge in [0, 0.05) is 30.4 Å². The second kappa shape index (κ2) is 7.77. The first-order valence-electron chi connectivity index (χ1n) is 8.32. The van der Waals surface area contributed by atoms with Crippen LogP contribution in [0.3, 0.4) is 0 Å². The zero-order valence-electron chi connectivity index (χ0n) is 14.9. The Balaban J connectivity index is 1.62. The van der Waals surface area contributed by atoms with Crippen molar-refractivity contribution in [1.82, 2.24) is 10.9 Å². The van der Waals surface area contributed by atoms with Gasteiger partial charge in [-0.2, -0.15) is 0 Å². The average Bonchev–Trinajstić information content (AvgIpc) is 2.94. The van der Waals surface area contributed by atoms with Crippen molar-refractivity contribution in [2.45, 2.75) is 12.5 Å². The number of nitrogens with one attached hydrogen (secondary N) is 2. The lowest BCUT2D eigenvalue weighted by Crippen LogP contribution is -2.48. The van der Waals surface area contributed by atoms with Gasteiger partial charge in [-0.25, -0.2) is 10.3 Å². The molecule has 140 valence electrons. The van der Waals surface area contributed by atoms with Gasteiger partial charge >= 0.3 is 0 Å². The van der Waals surface area contributed by atoms with Crippen LogP contribution in [0.15, 0.2) is 48.5 Å². The third kappa shape index (κ3) is 4.10. The van der Waals surface area contributed by atoms with Crippen LogP contribution in [-0.4, -0.2) is 37.9 Å². The summed E-state index contributed by atoms with van der Waals surface area (Å²) < 4.78 is 0. The summed E-state index contributed by atoms with van der Waals surface area (Å²) in [5, 5.41) is 0.514. The number of carbonyl (C=O) groups is 3. The lowest BCUT2D eigenvalue weighted by Gasteiger charge is -2.16. The van der Waals surface area contributed by atoms with Crippen molar-refractivity contribution < 1.29 is 14.4 Å². The van der Waals surface area contributed by atoms with E-state index in [9.17, 15) is 14.4 Å². The van der Waals surface area contributed by atoms with Gasteiger partial charge in [-0.15, -0.1) is 0 Å². The summed E-state index contributed by atoms with van der Waals surface area (Å²) in [7, 11) is 3.82. The largest absolute Gasteiger partial charge is 0.378 e. The molecule has 1 saturated heterocycles. The van der Waals surface area contributed by atoms with E-state index >= 15 is 0 Å². The summed E-state index contributed by atoms with van der Waals surface area (Å²) >= 11 is 5.84. The van der Waals surface area contributed by atoms with Crippen molar-refractivity contribution in [2.75, 3.05) is 23.9 Å². The standard InChI is InChI=1S/C19H19ClN4O3/c1-23(2)14-7-3-12(4-8-14)18(26)22-21-16-11-17(25)24(19(16)27)15-9-5-13(20)6-10-15/h3-10,16,21H,11H2,1-2H3,(H,22,26)/t16-/m1/s1. The van der Waals surface area contributed by atoms with Crippen molar-refractivity contribution in [3.63, 3.8) is 0 Å². The molecule has 1 aliphatic rings.